The molecule has 3 rings (SSSR count). The lowest BCUT2D eigenvalue weighted by atomic mass is 10.0. The number of pyridine rings is 1. The molecule has 0 saturated heterocycles. The number of aryl methyl sites for hydroxylation is 1. The molecule has 5 nitrogen and oxygen atoms in total. The van der Waals surface area contributed by atoms with E-state index in [1.165, 1.54) is 5.56 Å². The first-order valence-corrected chi connectivity index (χ1v) is 11.1. The van der Waals surface area contributed by atoms with E-state index in [9.17, 15) is 8.42 Å². The number of hydrogen-bond acceptors (Lipinski definition) is 4. The molecule has 156 valence electrons. The second-order valence-electron chi connectivity index (χ2n) is 7.07. The summed E-state index contributed by atoms with van der Waals surface area (Å²) in [4.78, 5) is 4.34. The molecular weight excluding hydrogens is 406 g/mol. The van der Waals surface area contributed by atoms with Crippen molar-refractivity contribution in [1.29, 1.82) is 0 Å². The van der Waals surface area contributed by atoms with Gasteiger partial charge in [0.2, 0.25) is 10.0 Å². The van der Waals surface area contributed by atoms with Crippen LogP contribution in [0.4, 0.5) is 0 Å². The molecule has 7 heteroatoms. The van der Waals surface area contributed by atoms with E-state index >= 15 is 0 Å². The van der Waals surface area contributed by atoms with Crippen molar-refractivity contribution in [2.45, 2.75) is 43.2 Å². The molecule has 1 heterocycles. The van der Waals surface area contributed by atoms with Crippen LogP contribution in [0.25, 0.3) is 10.8 Å². The Labute approximate surface area is 179 Å². The van der Waals surface area contributed by atoms with Gasteiger partial charge in [0, 0.05) is 29.9 Å². The zero-order valence-corrected chi connectivity index (χ0v) is 18.3. The normalized spacial score (nSPS) is 13.6. The third-order valence-electron chi connectivity index (χ3n) is 5.06. The number of likely N-dealkylation sites (N-methyl/N-ethyl adjacent to an activating group) is 1. The third kappa shape index (κ3) is 6.24. The minimum absolute atomic E-state index is 0. The van der Waals surface area contributed by atoms with Crippen LogP contribution in [0.15, 0.2) is 71.9 Å². The summed E-state index contributed by atoms with van der Waals surface area (Å²) in [5.74, 6) is 0. The Balaban J connectivity index is 0.00000300. The molecule has 0 aliphatic rings. The number of aromatic nitrogens is 1. The summed E-state index contributed by atoms with van der Waals surface area (Å²) in [6.07, 6.45) is 6.25. The number of nitrogens with zero attached hydrogens (tertiary/aromatic N) is 1. The summed E-state index contributed by atoms with van der Waals surface area (Å²) in [7, 11) is -1.72. The van der Waals surface area contributed by atoms with Crippen molar-refractivity contribution in [3.63, 3.8) is 0 Å². The van der Waals surface area contributed by atoms with Crippen LogP contribution in [0.2, 0.25) is 0 Å². The van der Waals surface area contributed by atoms with E-state index in [4.69, 9.17) is 0 Å². The Morgan fingerprint density at radius 3 is 2.52 bits per heavy atom. The summed E-state index contributed by atoms with van der Waals surface area (Å²) >= 11 is 0. The van der Waals surface area contributed by atoms with Crippen LogP contribution in [0, 0.1) is 0 Å². The van der Waals surface area contributed by atoms with Crippen molar-refractivity contribution in [3.05, 3.63) is 72.6 Å². The zero-order valence-electron chi connectivity index (χ0n) is 16.7. The van der Waals surface area contributed by atoms with Crippen LogP contribution in [-0.4, -0.2) is 32.5 Å². The average molecular weight is 434 g/mol. The second-order valence-corrected chi connectivity index (χ2v) is 8.78. The first kappa shape index (κ1) is 23.3. The molecule has 3 aromatic rings. The highest BCUT2D eigenvalue weighted by atomic mass is 35.5. The van der Waals surface area contributed by atoms with Gasteiger partial charge in [0.25, 0.3) is 0 Å². The zero-order chi connectivity index (χ0) is 20.0. The molecule has 1 unspecified atom stereocenters. The second kappa shape index (κ2) is 10.7. The molecule has 0 amide bonds. The largest absolute Gasteiger partial charge is 0.315 e. The van der Waals surface area contributed by atoms with Gasteiger partial charge in [-0.15, -0.1) is 12.4 Å². The number of rotatable bonds is 9. The molecule has 2 N–H and O–H groups in total. The van der Waals surface area contributed by atoms with E-state index in [1.54, 1.807) is 30.6 Å². The van der Waals surface area contributed by atoms with Crippen LogP contribution < -0.4 is 10.0 Å². The summed E-state index contributed by atoms with van der Waals surface area (Å²) in [6, 6.07) is 17.1. The van der Waals surface area contributed by atoms with Gasteiger partial charge < -0.3 is 5.32 Å². The van der Waals surface area contributed by atoms with Crippen molar-refractivity contribution < 1.29 is 8.42 Å². The van der Waals surface area contributed by atoms with Crippen LogP contribution in [-0.2, 0) is 16.4 Å². The van der Waals surface area contributed by atoms with Crippen LogP contribution in [0.1, 0.15) is 25.3 Å². The van der Waals surface area contributed by atoms with E-state index in [2.05, 4.69) is 27.2 Å². The molecule has 0 saturated carbocycles. The van der Waals surface area contributed by atoms with Crippen molar-refractivity contribution in [3.8, 4) is 0 Å². The first-order chi connectivity index (χ1) is 13.5. The van der Waals surface area contributed by atoms with Crippen LogP contribution in [0.5, 0.6) is 0 Å². The predicted octanol–water partition coefficient (Wildman–Crippen LogP) is 3.93. The first-order valence-electron chi connectivity index (χ1n) is 9.57. The van der Waals surface area contributed by atoms with Gasteiger partial charge in [-0.05, 0) is 62.4 Å². The van der Waals surface area contributed by atoms with Gasteiger partial charge in [0.05, 0.1) is 4.90 Å². The fourth-order valence-corrected chi connectivity index (χ4v) is 4.76. The number of hydrogen-bond donors (Lipinski definition) is 2. The Hall–Kier alpha value is -1.99. The van der Waals surface area contributed by atoms with E-state index < -0.39 is 10.0 Å². The molecule has 0 bridgehead atoms. The summed E-state index contributed by atoms with van der Waals surface area (Å²) in [5, 5.41) is 5.04. The standard InChI is InChI=1S/C22H27N3O2S.ClH/c1-17(22(23-2)10-6-9-18-7-4-3-5-8-18)25-28(26,27)21-12-11-20-16-24-14-13-19(20)15-21;/h3-5,7-8,11-17,22-23,25H,6,9-10H2,1-2H3;1H/t17-,22?;/m1./s1. The smallest absolute Gasteiger partial charge is 0.240 e. The minimum atomic E-state index is -3.59. The maximum atomic E-state index is 12.8. The third-order valence-corrected chi connectivity index (χ3v) is 6.62. The monoisotopic (exact) mass is 433 g/mol. The lowest BCUT2D eigenvalue weighted by Gasteiger charge is -2.24. The maximum Gasteiger partial charge on any atom is 0.240 e. The number of sulfonamides is 1. The summed E-state index contributed by atoms with van der Waals surface area (Å²) < 4.78 is 28.5. The lowest BCUT2D eigenvalue weighted by molar-refractivity contribution is 0.416. The summed E-state index contributed by atoms with van der Waals surface area (Å²) in [5.41, 5.74) is 1.30. The predicted molar refractivity (Wildman–Crippen MR) is 121 cm³/mol. The molecule has 1 aromatic heterocycles. The van der Waals surface area contributed by atoms with Gasteiger partial charge in [0.15, 0.2) is 0 Å². The molecule has 0 aliphatic carbocycles. The Morgan fingerprint density at radius 1 is 1.03 bits per heavy atom. The van der Waals surface area contributed by atoms with Crippen LogP contribution in [0.3, 0.4) is 0 Å². The molecule has 2 aromatic carbocycles. The number of nitrogens with one attached hydrogen (secondary N) is 2. The molecule has 0 spiro atoms. The maximum absolute atomic E-state index is 12.8. The van der Waals surface area contributed by atoms with E-state index in [0.29, 0.717) is 0 Å². The van der Waals surface area contributed by atoms with E-state index in [-0.39, 0.29) is 29.4 Å². The Kier molecular flexibility index (Phi) is 8.59. The Morgan fingerprint density at radius 2 is 1.79 bits per heavy atom. The van der Waals surface area contributed by atoms with Gasteiger partial charge in [-0.3, -0.25) is 4.98 Å². The molecule has 0 radical (unpaired) electrons. The van der Waals surface area contributed by atoms with Gasteiger partial charge >= 0.3 is 0 Å². The van der Waals surface area contributed by atoms with Crippen LogP contribution >= 0.6 is 12.4 Å². The van der Waals surface area contributed by atoms with Crippen molar-refractivity contribution in [2.24, 2.45) is 0 Å². The average Bonchev–Trinajstić information content (AvgIpc) is 2.71. The van der Waals surface area contributed by atoms with Gasteiger partial charge in [0.1, 0.15) is 0 Å². The fraction of sp³-hybridized carbons (Fsp3) is 0.318. The molecule has 0 aliphatic heterocycles. The van der Waals surface area contributed by atoms with Gasteiger partial charge in [-0.25, -0.2) is 13.1 Å². The highest BCUT2D eigenvalue weighted by Gasteiger charge is 2.23. The molecule has 2 atom stereocenters. The van der Waals surface area contributed by atoms with E-state index in [0.717, 1.165) is 30.0 Å². The van der Waals surface area contributed by atoms with Gasteiger partial charge in [-0.1, -0.05) is 36.4 Å². The highest BCUT2D eigenvalue weighted by Crippen LogP contribution is 2.19. The number of halogens is 1. The van der Waals surface area contributed by atoms with E-state index in [1.807, 2.05) is 38.2 Å². The quantitative estimate of drug-likeness (QED) is 0.536. The number of benzene rings is 2. The summed E-state index contributed by atoms with van der Waals surface area (Å²) in [6.45, 7) is 1.91. The van der Waals surface area contributed by atoms with Crippen molar-refractivity contribution in [1.82, 2.24) is 15.0 Å². The molecule has 29 heavy (non-hydrogen) atoms. The number of fused-ring (bicyclic) bond motifs is 1. The van der Waals surface area contributed by atoms with Gasteiger partial charge in [-0.2, -0.15) is 0 Å². The lowest BCUT2D eigenvalue weighted by Crippen LogP contribution is -2.47. The highest BCUT2D eigenvalue weighted by molar-refractivity contribution is 7.89. The fourth-order valence-electron chi connectivity index (χ4n) is 3.44. The van der Waals surface area contributed by atoms with Crippen molar-refractivity contribution in [2.75, 3.05) is 7.05 Å². The minimum Gasteiger partial charge on any atom is -0.315 e. The molecular formula is C22H28ClN3O2S. The molecule has 0 fully saturated rings. The topological polar surface area (TPSA) is 71.1 Å². The SMILES string of the molecule is CNC(CCCc1ccccc1)[C@@H](C)NS(=O)(=O)c1ccc2cnccc2c1.Cl. The Bertz CT molecular complexity index is 1010. The van der Waals surface area contributed by atoms with Crippen molar-refractivity contribution >= 4 is 33.2 Å².